The van der Waals surface area contributed by atoms with Crippen molar-refractivity contribution in [1.82, 2.24) is 14.9 Å². The van der Waals surface area contributed by atoms with Crippen LogP contribution in [0.3, 0.4) is 0 Å². The highest BCUT2D eigenvalue weighted by molar-refractivity contribution is 6.32. The Morgan fingerprint density at radius 2 is 1.87 bits per heavy atom. The highest BCUT2D eigenvalue weighted by Crippen LogP contribution is 2.45. The molecular formula is C26H27ClFN3. The van der Waals surface area contributed by atoms with Crippen molar-refractivity contribution in [3.05, 3.63) is 71.4 Å². The van der Waals surface area contributed by atoms with E-state index in [0.717, 1.165) is 46.8 Å². The Labute approximate surface area is 188 Å². The summed E-state index contributed by atoms with van der Waals surface area (Å²) in [4.78, 5) is 10.2. The first kappa shape index (κ1) is 20.5. The van der Waals surface area contributed by atoms with Gasteiger partial charge in [-0.1, -0.05) is 31.0 Å². The van der Waals surface area contributed by atoms with Crippen molar-refractivity contribution < 1.29 is 4.39 Å². The van der Waals surface area contributed by atoms with E-state index in [0.29, 0.717) is 11.2 Å². The molecule has 2 unspecified atom stereocenters. The van der Waals surface area contributed by atoms with Crippen LogP contribution < -0.4 is 0 Å². The van der Waals surface area contributed by atoms with Crippen molar-refractivity contribution in [3.8, 4) is 22.4 Å². The third-order valence-corrected chi connectivity index (χ3v) is 6.96. The van der Waals surface area contributed by atoms with Gasteiger partial charge in [-0.25, -0.2) is 4.39 Å². The highest BCUT2D eigenvalue weighted by Gasteiger charge is 2.34. The standard InChI is InChI=1S/C26H27ClFN3/c1-2-3-17-14-22-15-20(10-13-31(22)16-17)24-23(18-8-11-29-12-9-18)25(30-26(24)27)19-4-6-21(28)7-5-19/h4-9,11-12,15,17,22,30H,2-3,10,13-14,16H2,1H3. The number of hydrogen-bond donors (Lipinski definition) is 1. The molecule has 3 aromatic rings. The molecule has 0 amide bonds. The van der Waals surface area contributed by atoms with Gasteiger partial charge < -0.3 is 4.98 Å². The quantitative estimate of drug-likeness (QED) is 0.477. The van der Waals surface area contributed by atoms with E-state index in [-0.39, 0.29) is 5.82 Å². The lowest BCUT2D eigenvalue weighted by molar-refractivity contribution is 0.280. The molecule has 0 radical (unpaired) electrons. The fourth-order valence-electron chi connectivity index (χ4n) is 5.28. The summed E-state index contributed by atoms with van der Waals surface area (Å²) in [6.45, 7) is 4.55. The largest absolute Gasteiger partial charge is 0.345 e. The van der Waals surface area contributed by atoms with E-state index >= 15 is 0 Å². The fourth-order valence-corrected chi connectivity index (χ4v) is 5.59. The molecule has 1 fully saturated rings. The van der Waals surface area contributed by atoms with Gasteiger partial charge >= 0.3 is 0 Å². The van der Waals surface area contributed by atoms with Crippen LogP contribution in [0.4, 0.5) is 4.39 Å². The summed E-state index contributed by atoms with van der Waals surface area (Å²) in [6.07, 6.45) is 10.8. The zero-order chi connectivity index (χ0) is 21.4. The van der Waals surface area contributed by atoms with Crippen molar-refractivity contribution in [2.75, 3.05) is 13.1 Å². The first-order chi connectivity index (χ1) is 15.1. The minimum Gasteiger partial charge on any atom is -0.345 e. The predicted octanol–water partition coefficient (Wildman–Crippen LogP) is 6.81. The van der Waals surface area contributed by atoms with Gasteiger partial charge in [-0.05, 0) is 78.3 Å². The molecule has 160 valence electrons. The van der Waals surface area contributed by atoms with Gasteiger partial charge in [-0.15, -0.1) is 0 Å². The van der Waals surface area contributed by atoms with Crippen LogP contribution in [0.2, 0.25) is 5.15 Å². The third-order valence-electron chi connectivity index (χ3n) is 6.67. The lowest BCUT2D eigenvalue weighted by Crippen LogP contribution is -2.32. The summed E-state index contributed by atoms with van der Waals surface area (Å²) in [6, 6.07) is 11.1. The Morgan fingerprint density at radius 1 is 1.10 bits per heavy atom. The summed E-state index contributed by atoms with van der Waals surface area (Å²) in [5, 5.41) is 0.647. The molecule has 4 heterocycles. The van der Waals surface area contributed by atoms with Crippen LogP contribution in [0, 0.1) is 11.7 Å². The van der Waals surface area contributed by atoms with Gasteiger partial charge in [-0.3, -0.25) is 9.88 Å². The van der Waals surface area contributed by atoms with Crippen LogP contribution in [-0.2, 0) is 0 Å². The summed E-state index contributed by atoms with van der Waals surface area (Å²) in [5.41, 5.74) is 6.35. The number of H-pyrrole nitrogens is 1. The Bertz CT molecular complexity index is 1090. The summed E-state index contributed by atoms with van der Waals surface area (Å²) in [7, 11) is 0. The first-order valence-electron chi connectivity index (χ1n) is 11.2. The number of rotatable bonds is 5. The lowest BCUT2D eigenvalue weighted by atomic mass is 9.90. The second kappa shape index (κ2) is 8.60. The molecule has 0 spiro atoms. The van der Waals surface area contributed by atoms with E-state index < -0.39 is 0 Å². The molecule has 3 nitrogen and oxygen atoms in total. The SMILES string of the molecule is CCCC1CC2C=C(c3c(Cl)[nH]c(-c4ccc(F)cc4)c3-c3ccncc3)CCN2C1. The molecule has 5 heteroatoms. The maximum Gasteiger partial charge on any atom is 0.123 e. The van der Waals surface area contributed by atoms with Crippen molar-refractivity contribution in [1.29, 1.82) is 0 Å². The second-order valence-electron chi connectivity index (χ2n) is 8.70. The van der Waals surface area contributed by atoms with Crippen molar-refractivity contribution >= 4 is 17.2 Å². The molecule has 0 aliphatic carbocycles. The number of fused-ring (bicyclic) bond motifs is 1. The van der Waals surface area contributed by atoms with Gasteiger partial charge in [0.1, 0.15) is 11.0 Å². The zero-order valence-corrected chi connectivity index (χ0v) is 18.5. The topological polar surface area (TPSA) is 31.9 Å². The first-order valence-corrected chi connectivity index (χ1v) is 11.5. The smallest absolute Gasteiger partial charge is 0.123 e. The van der Waals surface area contributed by atoms with Gasteiger partial charge in [0, 0.05) is 42.7 Å². The second-order valence-corrected chi connectivity index (χ2v) is 9.08. The highest BCUT2D eigenvalue weighted by atomic mass is 35.5. The minimum absolute atomic E-state index is 0.245. The zero-order valence-electron chi connectivity index (χ0n) is 17.7. The van der Waals surface area contributed by atoms with Crippen LogP contribution >= 0.6 is 11.6 Å². The number of aromatic amines is 1. The Morgan fingerprint density at radius 3 is 2.61 bits per heavy atom. The molecular weight excluding hydrogens is 409 g/mol. The van der Waals surface area contributed by atoms with E-state index in [9.17, 15) is 4.39 Å². The van der Waals surface area contributed by atoms with Gasteiger partial charge in [0.05, 0.1) is 5.69 Å². The van der Waals surface area contributed by atoms with Crippen LogP contribution in [0.25, 0.3) is 28.0 Å². The number of nitrogens with one attached hydrogen (secondary N) is 1. The maximum atomic E-state index is 13.6. The Kier molecular flexibility index (Phi) is 5.68. The van der Waals surface area contributed by atoms with E-state index in [1.165, 1.54) is 43.5 Å². The van der Waals surface area contributed by atoms with Gasteiger partial charge in [0.25, 0.3) is 0 Å². The van der Waals surface area contributed by atoms with Crippen LogP contribution in [0.15, 0.2) is 54.9 Å². The molecule has 0 saturated carbocycles. The predicted molar refractivity (Wildman–Crippen MR) is 125 cm³/mol. The van der Waals surface area contributed by atoms with Crippen LogP contribution in [0.1, 0.15) is 38.2 Å². The normalized spacial score (nSPS) is 21.2. The number of aromatic nitrogens is 2. The van der Waals surface area contributed by atoms with E-state index in [1.54, 1.807) is 24.5 Å². The number of benzene rings is 1. The average Bonchev–Trinajstić information content (AvgIpc) is 3.34. The van der Waals surface area contributed by atoms with Crippen molar-refractivity contribution in [2.24, 2.45) is 5.92 Å². The molecule has 0 bridgehead atoms. The molecule has 2 aliphatic heterocycles. The van der Waals surface area contributed by atoms with Crippen LogP contribution in [-0.4, -0.2) is 34.0 Å². The average molecular weight is 436 g/mol. The Balaban J connectivity index is 1.61. The van der Waals surface area contributed by atoms with Crippen molar-refractivity contribution in [2.45, 2.75) is 38.6 Å². The number of halogens is 2. The van der Waals surface area contributed by atoms with Gasteiger partial charge in [-0.2, -0.15) is 0 Å². The van der Waals surface area contributed by atoms with Crippen LogP contribution in [0.5, 0.6) is 0 Å². The van der Waals surface area contributed by atoms with E-state index in [2.05, 4.69) is 27.9 Å². The molecule has 2 aromatic heterocycles. The summed E-state index contributed by atoms with van der Waals surface area (Å²) < 4.78 is 13.6. The summed E-state index contributed by atoms with van der Waals surface area (Å²) >= 11 is 6.84. The summed E-state index contributed by atoms with van der Waals surface area (Å²) in [5.74, 6) is 0.548. The Hall–Kier alpha value is -2.43. The molecule has 1 aromatic carbocycles. The van der Waals surface area contributed by atoms with Gasteiger partial charge in [0.15, 0.2) is 0 Å². The van der Waals surface area contributed by atoms with Crippen molar-refractivity contribution in [3.63, 3.8) is 0 Å². The molecule has 31 heavy (non-hydrogen) atoms. The van der Waals surface area contributed by atoms with E-state index in [1.807, 2.05) is 12.1 Å². The van der Waals surface area contributed by atoms with Gasteiger partial charge in [0.2, 0.25) is 0 Å². The lowest BCUT2D eigenvalue weighted by Gasteiger charge is -2.28. The number of nitrogens with zero attached hydrogens (tertiary/aromatic N) is 2. The molecule has 2 atom stereocenters. The number of hydrogen-bond acceptors (Lipinski definition) is 2. The molecule has 1 saturated heterocycles. The molecule has 5 rings (SSSR count). The van der Waals surface area contributed by atoms with E-state index in [4.69, 9.17) is 11.6 Å². The molecule has 2 aliphatic rings. The molecule has 1 N–H and O–H groups in total. The minimum atomic E-state index is -0.245. The maximum absolute atomic E-state index is 13.6. The fraction of sp³-hybridized carbons (Fsp3) is 0.346. The number of pyridine rings is 1. The monoisotopic (exact) mass is 435 g/mol. The third kappa shape index (κ3) is 3.95.